The van der Waals surface area contributed by atoms with Gasteiger partial charge in [-0.1, -0.05) is 50.4 Å². The van der Waals surface area contributed by atoms with Gasteiger partial charge in [0, 0.05) is 22.7 Å². The summed E-state index contributed by atoms with van der Waals surface area (Å²) >= 11 is 5.97. The number of nitrogens with one attached hydrogen (secondary N) is 1. The third-order valence-corrected chi connectivity index (χ3v) is 5.89. The maximum absolute atomic E-state index is 12.8. The first-order chi connectivity index (χ1) is 12.9. The standard InChI is InChI=1S/C22H26ClNO3/c1-4-14(5-2)12-27-22(26)21-13(3)20-18(24-21)10-16(11-19(20)25)15-6-8-17(23)9-7-15/h6-9,14,16,24H,4-5,10-12H2,1-3H3/t16-/m1/s1. The average Bonchev–Trinajstić information content (AvgIpc) is 3.00. The highest BCUT2D eigenvalue weighted by Crippen LogP contribution is 2.35. The number of fused-ring (bicyclic) bond motifs is 1. The molecule has 1 aliphatic carbocycles. The van der Waals surface area contributed by atoms with E-state index in [0.29, 0.717) is 47.2 Å². The lowest BCUT2D eigenvalue weighted by Crippen LogP contribution is -2.18. The summed E-state index contributed by atoms with van der Waals surface area (Å²) in [6, 6.07) is 7.62. The van der Waals surface area contributed by atoms with Crippen molar-refractivity contribution in [3.8, 4) is 0 Å². The molecule has 0 saturated carbocycles. The highest BCUT2D eigenvalue weighted by molar-refractivity contribution is 6.30. The van der Waals surface area contributed by atoms with Crippen LogP contribution in [-0.2, 0) is 11.2 Å². The molecule has 1 atom stereocenters. The molecule has 5 heteroatoms. The average molecular weight is 388 g/mol. The minimum Gasteiger partial charge on any atom is -0.461 e. The second-order valence-corrected chi connectivity index (χ2v) is 7.78. The Hall–Kier alpha value is -2.07. The summed E-state index contributed by atoms with van der Waals surface area (Å²) in [7, 11) is 0. The van der Waals surface area contributed by atoms with Gasteiger partial charge in [0.05, 0.1) is 6.61 Å². The molecule has 0 aliphatic heterocycles. The van der Waals surface area contributed by atoms with Gasteiger partial charge in [0.25, 0.3) is 0 Å². The van der Waals surface area contributed by atoms with E-state index < -0.39 is 0 Å². The maximum Gasteiger partial charge on any atom is 0.355 e. The van der Waals surface area contributed by atoms with Crippen molar-refractivity contribution in [1.29, 1.82) is 0 Å². The number of carbonyl (C=O) groups excluding carboxylic acids is 2. The van der Waals surface area contributed by atoms with Crippen LogP contribution in [0.1, 0.15) is 76.7 Å². The number of ketones is 1. The number of esters is 1. The van der Waals surface area contributed by atoms with Crippen molar-refractivity contribution in [2.75, 3.05) is 6.61 Å². The maximum atomic E-state index is 12.8. The molecule has 1 N–H and O–H groups in total. The topological polar surface area (TPSA) is 59.2 Å². The predicted molar refractivity (Wildman–Crippen MR) is 107 cm³/mol. The van der Waals surface area contributed by atoms with Crippen molar-refractivity contribution in [3.63, 3.8) is 0 Å². The molecule has 0 bridgehead atoms. The minimum atomic E-state index is -0.371. The van der Waals surface area contributed by atoms with E-state index in [9.17, 15) is 9.59 Å². The molecule has 27 heavy (non-hydrogen) atoms. The second kappa shape index (κ2) is 8.30. The molecular formula is C22H26ClNO3. The quantitative estimate of drug-likeness (QED) is 0.667. The monoisotopic (exact) mass is 387 g/mol. The van der Waals surface area contributed by atoms with E-state index in [1.165, 1.54) is 0 Å². The molecule has 0 amide bonds. The van der Waals surface area contributed by atoms with Gasteiger partial charge in [0.2, 0.25) is 0 Å². The fraction of sp³-hybridized carbons (Fsp3) is 0.455. The highest BCUT2D eigenvalue weighted by atomic mass is 35.5. The fourth-order valence-corrected chi connectivity index (χ4v) is 3.92. The molecule has 0 radical (unpaired) electrons. The van der Waals surface area contributed by atoms with Gasteiger partial charge in [0.1, 0.15) is 5.69 Å². The van der Waals surface area contributed by atoms with Crippen molar-refractivity contribution in [2.45, 2.75) is 52.4 Å². The van der Waals surface area contributed by atoms with Gasteiger partial charge in [-0.25, -0.2) is 4.79 Å². The van der Waals surface area contributed by atoms with E-state index in [-0.39, 0.29) is 17.7 Å². The van der Waals surface area contributed by atoms with Crippen LogP contribution in [0.3, 0.4) is 0 Å². The van der Waals surface area contributed by atoms with E-state index in [0.717, 1.165) is 24.1 Å². The third kappa shape index (κ3) is 4.11. The van der Waals surface area contributed by atoms with Crippen LogP contribution in [-0.4, -0.2) is 23.3 Å². The normalized spacial score (nSPS) is 16.5. The number of halogens is 1. The zero-order valence-corrected chi connectivity index (χ0v) is 16.9. The molecule has 1 heterocycles. The Bertz CT molecular complexity index is 834. The first-order valence-corrected chi connectivity index (χ1v) is 9.99. The van der Waals surface area contributed by atoms with E-state index >= 15 is 0 Å². The summed E-state index contributed by atoms with van der Waals surface area (Å²) in [5, 5.41) is 0.680. The largest absolute Gasteiger partial charge is 0.461 e. The Labute approximate surface area is 165 Å². The Morgan fingerprint density at radius 1 is 1.22 bits per heavy atom. The first-order valence-electron chi connectivity index (χ1n) is 9.61. The van der Waals surface area contributed by atoms with E-state index in [4.69, 9.17) is 16.3 Å². The van der Waals surface area contributed by atoms with Crippen LogP contribution < -0.4 is 0 Å². The van der Waals surface area contributed by atoms with Crippen molar-refractivity contribution in [3.05, 3.63) is 57.4 Å². The van der Waals surface area contributed by atoms with Gasteiger partial charge in [0.15, 0.2) is 5.78 Å². The number of aromatic amines is 1. The number of hydrogen-bond donors (Lipinski definition) is 1. The molecule has 2 aromatic rings. The number of rotatable bonds is 6. The van der Waals surface area contributed by atoms with Crippen LogP contribution in [0.5, 0.6) is 0 Å². The molecule has 0 fully saturated rings. The van der Waals surface area contributed by atoms with Crippen molar-refractivity contribution in [1.82, 2.24) is 4.98 Å². The molecule has 144 valence electrons. The van der Waals surface area contributed by atoms with Crippen LogP contribution in [0, 0.1) is 12.8 Å². The van der Waals surface area contributed by atoms with Crippen LogP contribution in [0.2, 0.25) is 5.02 Å². The molecule has 0 spiro atoms. The summed E-state index contributed by atoms with van der Waals surface area (Å²) in [5.41, 5.74) is 3.70. The van der Waals surface area contributed by atoms with Crippen molar-refractivity contribution in [2.24, 2.45) is 5.92 Å². The lowest BCUT2D eigenvalue weighted by molar-refractivity contribution is 0.0426. The predicted octanol–water partition coefficient (Wildman–Crippen LogP) is 5.48. The number of ether oxygens (including phenoxy) is 1. The Balaban J connectivity index is 1.80. The third-order valence-electron chi connectivity index (χ3n) is 5.64. The summed E-state index contributed by atoms with van der Waals surface area (Å²) in [4.78, 5) is 28.5. The zero-order chi connectivity index (χ0) is 19.6. The zero-order valence-electron chi connectivity index (χ0n) is 16.1. The lowest BCUT2D eigenvalue weighted by atomic mass is 9.81. The second-order valence-electron chi connectivity index (χ2n) is 7.34. The van der Waals surface area contributed by atoms with E-state index in [2.05, 4.69) is 18.8 Å². The summed E-state index contributed by atoms with van der Waals surface area (Å²) < 4.78 is 5.49. The highest BCUT2D eigenvalue weighted by Gasteiger charge is 2.32. The molecule has 1 aromatic carbocycles. The van der Waals surface area contributed by atoms with Crippen LogP contribution in [0.15, 0.2) is 24.3 Å². The molecule has 0 unspecified atom stereocenters. The van der Waals surface area contributed by atoms with Gasteiger partial charge in [-0.05, 0) is 48.4 Å². The molecule has 3 rings (SSSR count). The van der Waals surface area contributed by atoms with Gasteiger partial charge >= 0.3 is 5.97 Å². The van der Waals surface area contributed by atoms with E-state index in [1.54, 1.807) is 0 Å². The van der Waals surface area contributed by atoms with Crippen LogP contribution >= 0.6 is 11.6 Å². The SMILES string of the molecule is CCC(CC)COC(=O)c1[nH]c2c(c1C)C(=O)C[C@H](c1ccc(Cl)cc1)C2. The smallest absolute Gasteiger partial charge is 0.355 e. The molecular weight excluding hydrogens is 362 g/mol. The number of benzene rings is 1. The molecule has 4 nitrogen and oxygen atoms in total. The Kier molecular flexibility index (Phi) is 6.05. The minimum absolute atomic E-state index is 0.0731. The molecule has 1 aliphatic rings. The number of carbonyl (C=O) groups is 2. The van der Waals surface area contributed by atoms with Gasteiger partial charge in [-0.2, -0.15) is 0 Å². The summed E-state index contributed by atoms with van der Waals surface area (Å²) in [6.45, 7) is 6.42. The Morgan fingerprint density at radius 3 is 2.52 bits per heavy atom. The van der Waals surface area contributed by atoms with E-state index in [1.807, 2.05) is 31.2 Å². The van der Waals surface area contributed by atoms with Gasteiger partial charge in [-0.3, -0.25) is 4.79 Å². The number of Topliss-reactive ketones (excluding diaryl/α,β-unsaturated/α-hetero) is 1. The molecule has 0 saturated heterocycles. The molecule has 1 aromatic heterocycles. The lowest BCUT2D eigenvalue weighted by Gasteiger charge is -2.22. The fourth-order valence-electron chi connectivity index (χ4n) is 3.80. The number of H-pyrrole nitrogens is 1. The first kappa shape index (κ1) is 19.7. The summed E-state index contributed by atoms with van der Waals surface area (Å²) in [6.07, 6.45) is 3.09. The van der Waals surface area contributed by atoms with Gasteiger partial charge < -0.3 is 9.72 Å². The van der Waals surface area contributed by atoms with Crippen molar-refractivity contribution >= 4 is 23.4 Å². The number of hydrogen-bond acceptors (Lipinski definition) is 3. The van der Waals surface area contributed by atoms with Crippen LogP contribution in [0.4, 0.5) is 0 Å². The Morgan fingerprint density at radius 2 is 1.89 bits per heavy atom. The summed E-state index contributed by atoms with van der Waals surface area (Å²) in [5.74, 6) is 0.164. The van der Waals surface area contributed by atoms with Crippen LogP contribution in [0.25, 0.3) is 0 Å². The van der Waals surface area contributed by atoms with Crippen molar-refractivity contribution < 1.29 is 14.3 Å². The van der Waals surface area contributed by atoms with Gasteiger partial charge in [-0.15, -0.1) is 0 Å². The number of aromatic nitrogens is 1.